The number of nitrogens with zero attached hydrogens (tertiary/aromatic N) is 1. The first-order valence-corrected chi connectivity index (χ1v) is 14.8. The number of carbonyl (C=O) groups excluding carboxylic acids is 2. The Bertz CT molecular complexity index is 1400. The van der Waals surface area contributed by atoms with Crippen LogP contribution in [0.1, 0.15) is 61.3 Å². The van der Waals surface area contributed by atoms with E-state index in [2.05, 4.69) is 16.3 Å². The molecule has 0 saturated carbocycles. The highest BCUT2D eigenvalue weighted by molar-refractivity contribution is 5.82. The molecule has 2 saturated heterocycles. The number of amides is 1. The number of esters is 1. The number of aliphatic hydroxyl groups excluding tert-OH is 2. The lowest BCUT2D eigenvalue weighted by atomic mass is 9.98. The van der Waals surface area contributed by atoms with Crippen LogP contribution in [0.15, 0.2) is 72.8 Å². The number of aliphatic hydroxyl groups is 2. The van der Waals surface area contributed by atoms with Crippen molar-refractivity contribution in [2.45, 2.75) is 70.5 Å². The normalized spacial score (nSPS) is 23.1. The zero-order valence-electron chi connectivity index (χ0n) is 24.6. The minimum absolute atomic E-state index is 0.00871. The molecule has 9 heteroatoms. The van der Waals surface area contributed by atoms with Crippen molar-refractivity contribution in [3.05, 3.63) is 95.1 Å². The molecule has 0 aliphatic carbocycles. The van der Waals surface area contributed by atoms with Crippen molar-refractivity contribution in [3.8, 4) is 11.1 Å². The molecule has 0 radical (unpaired) electrons. The Kier molecular flexibility index (Phi) is 10.2. The number of β-amino-alcohol motifs (C(OH)–C–C–N with tert-alkyl or cyclic N) is 1. The van der Waals surface area contributed by atoms with Gasteiger partial charge < -0.3 is 29.7 Å². The summed E-state index contributed by atoms with van der Waals surface area (Å²) in [6, 6.07) is 23.8. The topological polar surface area (TPSA) is 118 Å². The fourth-order valence-electron chi connectivity index (χ4n) is 5.66. The summed E-state index contributed by atoms with van der Waals surface area (Å²) in [6.45, 7) is 5.32. The Morgan fingerprint density at radius 3 is 2.44 bits per heavy atom. The van der Waals surface area contributed by atoms with E-state index in [9.17, 15) is 19.8 Å². The Labute approximate surface area is 252 Å². The van der Waals surface area contributed by atoms with Gasteiger partial charge in [-0.15, -0.1) is 0 Å². The molecule has 0 unspecified atom stereocenters. The van der Waals surface area contributed by atoms with Gasteiger partial charge in [0.1, 0.15) is 0 Å². The smallest absolute Gasteiger partial charge is 0.303 e. The second-order valence-electron chi connectivity index (χ2n) is 11.3. The third-order valence-corrected chi connectivity index (χ3v) is 7.92. The third-order valence-electron chi connectivity index (χ3n) is 7.92. The fourth-order valence-corrected chi connectivity index (χ4v) is 5.66. The molecule has 1 amide bonds. The van der Waals surface area contributed by atoms with E-state index < -0.39 is 18.4 Å². The van der Waals surface area contributed by atoms with Gasteiger partial charge in [0.15, 0.2) is 12.4 Å². The minimum atomic E-state index is -0.858. The van der Waals surface area contributed by atoms with Crippen LogP contribution in [0.3, 0.4) is 0 Å². The van der Waals surface area contributed by atoms with Crippen LogP contribution < -0.4 is 5.32 Å². The van der Waals surface area contributed by atoms with Crippen molar-refractivity contribution in [2.75, 3.05) is 19.6 Å². The standard InChI is InChI=1S/C34H40N2O7/c1-22(41-23(2)38)33(40)35-18-25-5-3-6-27(15-25)28-7-4-8-29(16-28)34-42-31(20-36-14-13-30(39)19-36)17-32(43-34)26-11-9-24(21-37)10-12-26/h3-12,15-16,22,30-32,34,37,39H,13-14,17-21H2,1-2H3,(H,35,40)/t22-,30-,31+,32-,34-/m0/s1. The second-order valence-corrected chi connectivity index (χ2v) is 11.3. The molecule has 9 nitrogen and oxygen atoms in total. The summed E-state index contributed by atoms with van der Waals surface area (Å²) in [5, 5.41) is 22.3. The molecule has 0 spiro atoms. The van der Waals surface area contributed by atoms with Gasteiger partial charge in [-0.1, -0.05) is 60.7 Å². The van der Waals surface area contributed by atoms with E-state index in [4.69, 9.17) is 14.2 Å². The van der Waals surface area contributed by atoms with Gasteiger partial charge in [0.05, 0.1) is 24.9 Å². The van der Waals surface area contributed by atoms with Crippen molar-refractivity contribution in [3.63, 3.8) is 0 Å². The summed E-state index contributed by atoms with van der Waals surface area (Å²) < 4.78 is 18.0. The molecule has 43 heavy (non-hydrogen) atoms. The van der Waals surface area contributed by atoms with Gasteiger partial charge in [0.2, 0.25) is 0 Å². The molecular formula is C34H40N2O7. The molecule has 3 aromatic rings. The Balaban J connectivity index is 1.32. The van der Waals surface area contributed by atoms with E-state index in [1.165, 1.54) is 6.92 Å². The van der Waals surface area contributed by atoms with Crippen LogP contribution >= 0.6 is 0 Å². The number of rotatable bonds is 10. The van der Waals surface area contributed by atoms with E-state index in [0.29, 0.717) is 26.1 Å². The summed E-state index contributed by atoms with van der Waals surface area (Å²) in [7, 11) is 0. The summed E-state index contributed by atoms with van der Waals surface area (Å²) >= 11 is 0. The Hall–Kier alpha value is -3.60. The average Bonchev–Trinajstić information content (AvgIpc) is 3.43. The first-order chi connectivity index (χ1) is 20.8. The van der Waals surface area contributed by atoms with E-state index in [-0.39, 0.29) is 30.8 Å². The van der Waals surface area contributed by atoms with Gasteiger partial charge in [0.25, 0.3) is 5.91 Å². The second kappa shape index (κ2) is 14.2. The zero-order chi connectivity index (χ0) is 30.3. The molecule has 228 valence electrons. The maximum atomic E-state index is 12.3. The molecule has 0 aromatic heterocycles. The molecule has 2 heterocycles. The summed E-state index contributed by atoms with van der Waals surface area (Å²) in [4.78, 5) is 25.7. The highest BCUT2D eigenvalue weighted by atomic mass is 16.7. The highest BCUT2D eigenvalue weighted by Gasteiger charge is 2.34. The lowest BCUT2D eigenvalue weighted by Gasteiger charge is -2.38. The summed E-state index contributed by atoms with van der Waals surface area (Å²) in [5.74, 6) is -0.852. The predicted octanol–water partition coefficient (Wildman–Crippen LogP) is 4.03. The summed E-state index contributed by atoms with van der Waals surface area (Å²) in [6.07, 6.45) is -0.552. The van der Waals surface area contributed by atoms with Crippen LogP contribution in [0.5, 0.6) is 0 Å². The van der Waals surface area contributed by atoms with Gasteiger partial charge >= 0.3 is 5.97 Å². The molecule has 5 atom stereocenters. The van der Waals surface area contributed by atoms with Crippen LogP contribution in [0, 0.1) is 0 Å². The SMILES string of the molecule is CC(=O)O[C@@H](C)C(=O)NCc1cccc(-c2cccc([C@H]3O[C@@H](CN4CC[C@H](O)C4)C[C@@H](c4ccc(CO)cc4)O3)c2)c1. The first-order valence-electron chi connectivity index (χ1n) is 14.8. The molecule has 3 aromatic carbocycles. The number of hydrogen-bond acceptors (Lipinski definition) is 8. The van der Waals surface area contributed by atoms with Crippen LogP contribution in [0.4, 0.5) is 0 Å². The van der Waals surface area contributed by atoms with Crippen LogP contribution in [0.2, 0.25) is 0 Å². The van der Waals surface area contributed by atoms with Gasteiger partial charge in [0, 0.05) is 45.1 Å². The number of benzene rings is 3. The molecule has 3 N–H and O–H groups in total. The maximum absolute atomic E-state index is 12.3. The van der Waals surface area contributed by atoms with Crippen molar-refractivity contribution in [1.29, 1.82) is 0 Å². The number of carbonyl (C=O) groups is 2. The quantitative estimate of drug-likeness (QED) is 0.304. The summed E-state index contributed by atoms with van der Waals surface area (Å²) in [5.41, 5.74) is 5.66. The molecule has 5 rings (SSSR count). The number of hydrogen-bond donors (Lipinski definition) is 3. The van der Waals surface area contributed by atoms with E-state index in [1.807, 2.05) is 66.7 Å². The van der Waals surface area contributed by atoms with Crippen LogP contribution in [-0.2, 0) is 37.0 Å². The fraction of sp³-hybridized carbons (Fsp3) is 0.412. The van der Waals surface area contributed by atoms with E-state index >= 15 is 0 Å². The van der Waals surface area contributed by atoms with Crippen molar-refractivity contribution in [1.82, 2.24) is 10.2 Å². The van der Waals surface area contributed by atoms with E-state index in [1.54, 1.807) is 6.92 Å². The predicted molar refractivity (Wildman–Crippen MR) is 160 cm³/mol. The lowest BCUT2D eigenvalue weighted by Crippen LogP contribution is -2.38. The first kappa shape index (κ1) is 30.8. The highest BCUT2D eigenvalue weighted by Crippen LogP contribution is 2.39. The maximum Gasteiger partial charge on any atom is 0.303 e. The lowest BCUT2D eigenvalue weighted by molar-refractivity contribution is -0.252. The van der Waals surface area contributed by atoms with Crippen LogP contribution in [0.25, 0.3) is 11.1 Å². The van der Waals surface area contributed by atoms with Crippen molar-refractivity contribution >= 4 is 11.9 Å². The molecule has 2 fully saturated rings. The number of nitrogens with one attached hydrogen (secondary N) is 1. The van der Waals surface area contributed by atoms with Gasteiger partial charge in [-0.25, -0.2) is 0 Å². The monoisotopic (exact) mass is 588 g/mol. The van der Waals surface area contributed by atoms with Gasteiger partial charge in [-0.2, -0.15) is 0 Å². The Morgan fingerprint density at radius 2 is 1.74 bits per heavy atom. The largest absolute Gasteiger partial charge is 0.453 e. The number of ether oxygens (including phenoxy) is 3. The Morgan fingerprint density at radius 1 is 1.00 bits per heavy atom. The van der Waals surface area contributed by atoms with E-state index in [0.717, 1.165) is 46.3 Å². The van der Waals surface area contributed by atoms with Crippen molar-refractivity contribution in [2.24, 2.45) is 0 Å². The number of likely N-dealkylation sites (tertiary alicyclic amines) is 1. The molecule has 2 aliphatic rings. The average molecular weight is 589 g/mol. The van der Waals surface area contributed by atoms with Crippen LogP contribution in [-0.4, -0.2) is 64.9 Å². The zero-order valence-corrected chi connectivity index (χ0v) is 24.6. The van der Waals surface area contributed by atoms with Gasteiger partial charge in [-0.3, -0.25) is 14.5 Å². The van der Waals surface area contributed by atoms with Gasteiger partial charge in [-0.05, 0) is 53.3 Å². The molecule has 0 bridgehead atoms. The molecule has 2 aliphatic heterocycles. The third kappa shape index (κ3) is 8.28. The molecular weight excluding hydrogens is 548 g/mol. The van der Waals surface area contributed by atoms with Crippen molar-refractivity contribution < 1.29 is 34.0 Å². The minimum Gasteiger partial charge on any atom is -0.453 e.